The number of carbonyl (C=O) groups excluding carboxylic acids is 1. The Morgan fingerprint density at radius 1 is 1.32 bits per heavy atom. The highest BCUT2D eigenvalue weighted by Crippen LogP contribution is 2.10. The van der Waals surface area contributed by atoms with E-state index in [1.807, 2.05) is 30.3 Å². The van der Waals surface area contributed by atoms with Crippen LogP contribution >= 0.6 is 0 Å². The fraction of sp³-hybridized carbons (Fsp3) is 0.333. The second kappa shape index (κ2) is 8.06. The van der Waals surface area contributed by atoms with Gasteiger partial charge in [-0.2, -0.15) is 5.26 Å². The zero-order chi connectivity index (χ0) is 14.1. The first-order chi connectivity index (χ1) is 9.21. The fourth-order valence-electron chi connectivity index (χ4n) is 1.45. The molecule has 0 spiro atoms. The summed E-state index contributed by atoms with van der Waals surface area (Å²) >= 11 is 0. The summed E-state index contributed by atoms with van der Waals surface area (Å²) < 4.78 is 9.67. The number of aryl methyl sites for hydroxylation is 1. The van der Waals surface area contributed by atoms with Gasteiger partial charge in [-0.15, -0.1) is 0 Å². The third kappa shape index (κ3) is 4.94. The summed E-state index contributed by atoms with van der Waals surface area (Å²) in [5.74, 6) is -0.626. The number of nitriles is 1. The Kier molecular flexibility index (Phi) is 6.34. The van der Waals surface area contributed by atoms with Crippen LogP contribution < -0.4 is 0 Å². The Hall–Kier alpha value is -2.12. The van der Waals surface area contributed by atoms with Gasteiger partial charge in [-0.05, 0) is 23.6 Å². The number of benzene rings is 1. The molecule has 0 radical (unpaired) electrons. The number of carbonyl (C=O) groups is 1. The van der Waals surface area contributed by atoms with Crippen molar-refractivity contribution in [2.24, 2.45) is 0 Å². The molecule has 0 amide bonds. The number of hydrogen-bond donors (Lipinski definition) is 0. The average molecular weight is 259 g/mol. The van der Waals surface area contributed by atoms with Gasteiger partial charge in [0.05, 0.1) is 6.61 Å². The minimum Gasteiger partial charge on any atom is -0.459 e. The highest BCUT2D eigenvalue weighted by molar-refractivity contribution is 5.97. The number of esters is 1. The molecule has 0 aliphatic heterocycles. The minimum atomic E-state index is -0.626. The monoisotopic (exact) mass is 259 g/mol. The first-order valence-electron chi connectivity index (χ1n) is 6.08. The highest BCUT2D eigenvalue weighted by Gasteiger charge is 2.10. The van der Waals surface area contributed by atoms with Crippen molar-refractivity contribution in [3.05, 3.63) is 41.0 Å². The van der Waals surface area contributed by atoms with Crippen LogP contribution in [0.2, 0.25) is 0 Å². The Morgan fingerprint density at radius 2 is 2.00 bits per heavy atom. The molecule has 0 fully saturated rings. The van der Waals surface area contributed by atoms with Crippen LogP contribution in [-0.4, -0.2) is 26.3 Å². The average Bonchev–Trinajstić information content (AvgIpc) is 2.45. The van der Waals surface area contributed by atoms with E-state index in [0.29, 0.717) is 6.61 Å². The largest absolute Gasteiger partial charge is 0.459 e. The van der Waals surface area contributed by atoms with Gasteiger partial charge < -0.3 is 9.47 Å². The minimum absolute atomic E-state index is 0.0136. The third-order valence-corrected chi connectivity index (χ3v) is 2.56. The van der Waals surface area contributed by atoms with Crippen LogP contribution in [0, 0.1) is 11.3 Å². The number of ether oxygens (including phenoxy) is 2. The second-order valence-corrected chi connectivity index (χ2v) is 3.89. The van der Waals surface area contributed by atoms with Crippen molar-refractivity contribution in [3.63, 3.8) is 0 Å². The van der Waals surface area contributed by atoms with Crippen molar-refractivity contribution in [3.8, 4) is 6.07 Å². The number of rotatable bonds is 6. The maximum Gasteiger partial charge on any atom is 0.348 e. The first-order valence-corrected chi connectivity index (χ1v) is 6.08. The van der Waals surface area contributed by atoms with E-state index in [-0.39, 0.29) is 12.2 Å². The molecule has 0 saturated heterocycles. The molecule has 0 saturated carbocycles. The number of hydrogen-bond acceptors (Lipinski definition) is 4. The maximum absolute atomic E-state index is 11.6. The van der Waals surface area contributed by atoms with Gasteiger partial charge >= 0.3 is 5.97 Å². The molecule has 0 aliphatic rings. The van der Waals surface area contributed by atoms with Crippen LogP contribution in [0.5, 0.6) is 0 Å². The van der Waals surface area contributed by atoms with E-state index in [2.05, 4.69) is 6.92 Å². The van der Waals surface area contributed by atoms with Crippen LogP contribution in [0.4, 0.5) is 0 Å². The summed E-state index contributed by atoms with van der Waals surface area (Å²) in [6, 6.07) is 9.54. The summed E-state index contributed by atoms with van der Waals surface area (Å²) in [7, 11) is 1.52. The zero-order valence-corrected chi connectivity index (χ0v) is 11.2. The van der Waals surface area contributed by atoms with Crippen molar-refractivity contribution in [1.29, 1.82) is 5.26 Å². The van der Waals surface area contributed by atoms with Gasteiger partial charge in [-0.25, -0.2) is 4.79 Å². The molecular formula is C15H17NO3. The lowest BCUT2D eigenvalue weighted by Gasteiger charge is -2.03. The molecule has 19 heavy (non-hydrogen) atoms. The quantitative estimate of drug-likeness (QED) is 0.340. The fourth-order valence-corrected chi connectivity index (χ4v) is 1.45. The van der Waals surface area contributed by atoms with E-state index in [4.69, 9.17) is 14.7 Å². The lowest BCUT2D eigenvalue weighted by atomic mass is 10.1. The van der Waals surface area contributed by atoms with Gasteiger partial charge in [0, 0.05) is 7.11 Å². The van der Waals surface area contributed by atoms with Crippen molar-refractivity contribution < 1.29 is 14.3 Å². The lowest BCUT2D eigenvalue weighted by Crippen LogP contribution is -2.11. The van der Waals surface area contributed by atoms with Gasteiger partial charge in [-0.1, -0.05) is 31.2 Å². The standard InChI is InChI=1S/C15H17NO3/c1-3-12-4-6-13(7-5-12)10-14(11-16)15(17)19-9-8-18-2/h4-7,10H,3,8-9H2,1-2H3/b14-10-. The Labute approximate surface area is 113 Å². The van der Waals surface area contributed by atoms with E-state index in [9.17, 15) is 4.79 Å². The summed E-state index contributed by atoms with van der Waals surface area (Å²) in [6.45, 7) is 2.53. The molecule has 0 atom stereocenters. The SMILES string of the molecule is CCc1ccc(/C=C(/C#N)C(=O)OCCOC)cc1. The molecule has 0 aliphatic carbocycles. The van der Waals surface area contributed by atoms with E-state index in [0.717, 1.165) is 12.0 Å². The first kappa shape index (κ1) is 14.9. The van der Waals surface area contributed by atoms with Gasteiger partial charge in [0.15, 0.2) is 0 Å². The van der Waals surface area contributed by atoms with Crippen molar-refractivity contribution >= 4 is 12.0 Å². The second-order valence-electron chi connectivity index (χ2n) is 3.89. The van der Waals surface area contributed by atoms with Gasteiger partial charge in [0.2, 0.25) is 0 Å². The third-order valence-electron chi connectivity index (χ3n) is 2.56. The van der Waals surface area contributed by atoms with Crippen LogP contribution in [0.3, 0.4) is 0 Å². The zero-order valence-electron chi connectivity index (χ0n) is 11.2. The van der Waals surface area contributed by atoms with E-state index >= 15 is 0 Å². The molecular weight excluding hydrogens is 242 g/mol. The predicted octanol–water partition coefficient (Wildman–Crippen LogP) is 2.35. The van der Waals surface area contributed by atoms with E-state index < -0.39 is 5.97 Å². The Morgan fingerprint density at radius 3 is 2.53 bits per heavy atom. The molecule has 0 N–H and O–H groups in total. The van der Waals surface area contributed by atoms with Gasteiger partial charge in [-0.3, -0.25) is 0 Å². The smallest absolute Gasteiger partial charge is 0.348 e. The molecule has 4 nitrogen and oxygen atoms in total. The normalized spacial score (nSPS) is 10.9. The maximum atomic E-state index is 11.6. The molecule has 0 unspecified atom stereocenters. The van der Waals surface area contributed by atoms with E-state index in [1.165, 1.54) is 18.7 Å². The highest BCUT2D eigenvalue weighted by atomic mass is 16.6. The van der Waals surface area contributed by atoms with Crippen LogP contribution in [0.15, 0.2) is 29.8 Å². The molecule has 100 valence electrons. The summed E-state index contributed by atoms with van der Waals surface area (Å²) in [5.41, 5.74) is 2.00. The van der Waals surface area contributed by atoms with Crippen LogP contribution in [0.1, 0.15) is 18.1 Å². The van der Waals surface area contributed by atoms with Crippen molar-refractivity contribution in [2.75, 3.05) is 20.3 Å². The van der Waals surface area contributed by atoms with Crippen LogP contribution in [-0.2, 0) is 20.7 Å². The Balaban J connectivity index is 2.75. The molecule has 0 heterocycles. The Bertz CT molecular complexity index is 483. The number of methoxy groups -OCH3 is 1. The van der Waals surface area contributed by atoms with Crippen LogP contribution in [0.25, 0.3) is 6.08 Å². The molecule has 4 heteroatoms. The summed E-state index contributed by atoms with van der Waals surface area (Å²) in [6.07, 6.45) is 2.47. The molecule has 1 aromatic rings. The van der Waals surface area contributed by atoms with Crippen molar-refractivity contribution in [1.82, 2.24) is 0 Å². The molecule has 0 bridgehead atoms. The lowest BCUT2D eigenvalue weighted by molar-refractivity contribution is -0.139. The number of nitrogens with zero attached hydrogens (tertiary/aromatic N) is 1. The molecule has 1 aromatic carbocycles. The van der Waals surface area contributed by atoms with Gasteiger partial charge in [0.25, 0.3) is 0 Å². The van der Waals surface area contributed by atoms with E-state index in [1.54, 1.807) is 0 Å². The predicted molar refractivity (Wildman–Crippen MR) is 72.2 cm³/mol. The topological polar surface area (TPSA) is 59.3 Å². The summed E-state index contributed by atoms with van der Waals surface area (Å²) in [4.78, 5) is 11.6. The molecule has 1 rings (SSSR count). The van der Waals surface area contributed by atoms with Crippen molar-refractivity contribution in [2.45, 2.75) is 13.3 Å². The molecule has 0 aromatic heterocycles. The summed E-state index contributed by atoms with van der Waals surface area (Å²) in [5, 5.41) is 8.96. The van der Waals surface area contributed by atoms with Gasteiger partial charge in [0.1, 0.15) is 18.2 Å².